The van der Waals surface area contributed by atoms with Crippen LogP contribution in [0.2, 0.25) is 0 Å². The molecule has 1 heterocycles. The number of anilines is 1. The number of rotatable bonds is 5. The van der Waals surface area contributed by atoms with Crippen LogP contribution in [0.5, 0.6) is 0 Å². The zero-order chi connectivity index (χ0) is 12.8. The number of hydrogen-bond acceptors (Lipinski definition) is 5. The lowest BCUT2D eigenvalue weighted by molar-refractivity contribution is 0.318. The smallest absolute Gasteiger partial charge is 0.173 e. The predicted octanol–water partition coefficient (Wildman–Crippen LogP) is 1.20. The minimum atomic E-state index is 0.0525. The largest absolute Gasteiger partial charge is 0.409 e. The van der Waals surface area contributed by atoms with Gasteiger partial charge >= 0.3 is 0 Å². The maximum absolute atomic E-state index is 8.76. The van der Waals surface area contributed by atoms with Crippen LogP contribution in [0.3, 0.4) is 0 Å². The number of amidine groups is 1. The van der Waals surface area contributed by atoms with Crippen LogP contribution in [0.15, 0.2) is 17.4 Å². The normalized spacial score (nSPS) is 13.5. The Labute approximate surface area is 101 Å². The summed E-state index contributed by atoms with van der Waals surface area (Å²) in [5.41, 5.74) is 6.24. The SMILES string of the molecule is CCC(C)N(CC)c1nnccc1/C(N)=N/O. The van der Waals surface area contributed by atoms with Crippen LogP contribution in [0, 0.1) is 0 Å². The van der Waals surface area contributed by atoms with Gasteiger partial charge in [-0.05, 0) is 26.3 Å². The summed E-state index contributed by atoms with van der Waals surface area (Å²) in [5, 5.41) is 19.7. The third-order valence-corrected chi connectivity index (χ3v) is 2.82. The molecular weight excluding hydrogens is 218 g/mol. The third kappa shape index (κ3) is 2.83. The van der Waals surface area contributed by atoms with Crippen molar-refractivity contribution in [3.63, 3.8) is 0 Å². The summed E-state index contributed by atoms with van der Waals surface area (Å²) in [5.74, 6) is 0.705. The first-order valence-corrected chi connectivity index (χ1v) is 5.71. The van der Waals surface area contributed by atoms with Gasteiger partial charge in [0.1, 0.15) is 0 Å². The van der Waals surface area contributed by atoms with Gasteiger partial charge in [0.25, 0.3) is 0 Å². The second-order valence-electron chi connectivity index (χ2n) is 3.80. The fraction of sp³-hybridized carbons (Fsp3) is 0.545. The molecule has 1 atom stereocenters. The minimum absolute atomic E-state index is 0.0525. The van der Waals surface area contributed by atoms with Crippen molar-refractivity contribution in [2.75, 3.05) is 11.4 Å². The number of nitrogens with two attached hydrogens (primary N) is 1. The van der Waals surface area contributed by atoms with Gasteiger partial charge < -0.3 is 15.8 Å². The van der Waals surface area contributed by atoms with Crippen LogP contribution in [-0.4, -0.2) is 33.8 Å². The van der Waals surface area contributed by atoms with Crippen LogP contribution in [0.1, 0.15) is 32.8 Å². The van der Waals surface area contributed by atoms with Crippen molar-refractivity contribution < 1.29 is 5.21 Å². The first-order valence-electron chi connectivity index (χ1n) is 5.71. The Kier molecular flexibility index (Phi) is 4.68. The van der Waals surface area contributed by atoms with Gasteiger partial charge in [0, 0.05) is 12.6 Å². The van der Waals surface area contributed by atoms with E-state index in [1.165, 1.54) is 6.20 Å². The molecule has 0 aliphatic carbocycles. The van der Waals surface area contributed by atoms with Crippen LogP contribution >= 0.6 is 0 Å². The fourth-order valence-corrected chi connectivity index (χ4v) is 1.68. The Hall–Kier alpha value is -1.85. The topological polar surface area (TPSA) is 87.6 Å². The Morgan fingerprint density at radius 3 is 2.82 bits per heavy atom. The van der Waals surface area contributed by atoms with Crippen molar-refractivity contribution in [1.29, 1.82) is 0 Å². The van der Waals surface area contributed by atoms with E-state index in [4.69, 9.17) is 10.9 Å². The fourth-order valence-electron chi connectivity index (χ4n) is 1.68. The van der Waals surface area contributed by atoms with Crippen molar-refractivity contribution in [1.82, 2.24) is 10.2 Å². The van der Waals surface area contributed by atoms with Gasteiger partial charge in [-0.3, -0.25) is 0 Å². The first-order chi connectivity index (χ1) is 8.15. The maximum Gasteiger partial charge on any atom is 0.173 e. The summed E-state index contributed by atoms with van der Waals surface area (Å²) in [7, 11) is 0. The lowest BCUT2D eigenvalue weighted by atomic mass is 10.1. The van der Waals surface area contributed by atoms with E-state index in [2.05, 4.69) is 34.1 Å². The molecular formula is C11H19N5O. The summed E-state index contributed by atoms with van der Waals surface area (Å²) in [6.45, 7) is 7.04. The van der Waals surface area contributed by atoms with E-state index in [1.807, 2.05) is 6.92 Å². The van der Waals surface area contributed by atoms with Crippen LogP contribution in [0.4, 0.5) is 5.82 Å². The predicted molar refractivity (Wildman–Crippen MR) is 67.3 cm³/mol. The van der Waals surface area contributed by atoms with Gasteiger partial charge in [-0.15, -0.1) is 5.10 Å². The van der Waals surface area contributed by atoms with Gasteiger partial charge in [0.15, 0.2) is 11.7 Å². The molecule has 94 valence electrons. The van der Waals surface area contributed by atoms with Crippen molar-refractivity contribution in [2.45, 2.75) is 33.2 Å². The van der Waals surface area contributed by atoms with Gasteiger partial charge in [-0.25, -0.2) is 0 Å². The number of hydrogen-bond donors (Lipinski definition) is 2. The Balaban J connectivity index is 3.19. The molecule has 0 amide bonds. The monoisotopic (exact) mass is 237 g/mol. The van der Waals surface area contributed by atoms with E-state index in [1.54, 1.807) is 6.07 Å². The highest BCUT2D eigenvalue weighted by Gasteiger charge is 2.18. The number of nitrogens with zero attached hydrogens (tertiary/aromatic N) is 4. The molecule has 1 rings (SSSR count). The molecule has 3 N–H and O–H groups in total. The molecule has 0 saturated carbocycles. The number of aromatic nitrogens is 2. The third-order valence-electron chi connectivity index (χ3n) is 2.82. The van der Waals surface area contributed by atoms with Crippen molar-refractivity contribution in [3.05, 3.63) is 17.8 Å². The highest BCUT2D eigenvalue weighted by Crippen LogP contribution is 2.19. The molecule has 0 fully saturated rings. The molecule has 0 spiro atoms. The number of oxime groups is 1. The first kappa shape index (κ1) is 13.2. The van der Waals surface area contributed by atoms with Crippen molar-refractivity contribution >= 4 is 11.7 Å². The van der Waals surface area contributed by atoms with E-state index >= 15 is 0 Å². The quantitative estimate of drug-likeness (QED) is 0.347. The molecule has 17 heavy (non-hydrogen) atoms. The highest BCUT2D eigenvalue weighted by atomic mass is 16.4. The summed E-state index contributed by atoms with van der Waals surface area (Å²) in [6, 6.07) is 2.02. The Bertz CT molecular complexity index is 393. The van der Waals surface area contributed by atoms with Crippen LogP contribution in [-0.2, 0) is 0 Å². The summed E-state index contributed by atoms with van der Waals surface area (Å²) >= 11 is 0. The van der Waals surface area contributed by atoms with E-state index in [9.17, 15) is 0 Å². The maximum atomic E-state index is 8.76. The zero-order valence-electron chi connectivity index (χ0n) is 10.5. The molecule has 6 nitrogen and oxygen atoms in total. The van der Waals surface area contributed by atoms with Gasteiger partial charge in [0.2, 0.25) is 0 Å². The molecule has 0 aliphatic heterocycles. The molecule has 1 aromatic heterocycles. The second kappa shape index (κ2) is 6.03. The summed E-state index contributed by atoms with van der Waals surface area (Å²) in [4.78, 5) is 2.08. The standard InChI is InChI=1S/C11H19N5O/c1-4-8(3)16(5-2)11-9(10(12)15-17)6-7-13-14-11/h6-8,17H,4-5H2,1-3H3,(H2,12,15). The second-order valence-corrected chi connectivity index (χ2v) is 3.80. The van der Waals surface area contributed by atoms with E-state index in [-0.39, 0.29) is 5.84 Å². The van der Waals surface area contributed by atoms with Crippen LogP contribution in [0.25, 0.3) is 0 Å². The van der Waals surface area contributed by atoms with Crippen molar-refractivity contribution in [2.24, 2.45) is 10.9 Å². The molecule has 1 aromatic rings. The van der Waals surface area contributed by atoms with Crippen LogP contribution < -0.4 is 10.6 Å². The molecule has 0 radical (unpaired) electrons. The molecule has 6 heteroatoms. The molecule has 0 aliphatic rings. The molecule has 0 aromatic carbocycles. The summed E-state index contributed by atoms with van der Waals surface area (Å²) in [6.07, 6.45) is 2.52. The molecule has 1 unspecified atom stereocenters. The molecule has 0 bridgehead atoms. The highest BCUT2D eigenvalue weighted by molar-refractivity contribution is 6.01. The average molecular weight is 237 g/mol. The van der Waals surface area contributed by atoms with Gasteiger partial charge in [-0.2, -0.15) is 5.10 Å². The molecule has 0 saturated heterocycles. The minimum Gasteiger partial charge on any atom is -0.409 e. The zero-order valence-corrected chi connectivity index (χ0v) is 10.5. The van der Waals surface area contributed by atoms with E-state index in [0.29, 0.717) is 17.4 Å². The lowest BCUT2D eigenvalue weighted by Gasteiger charge is -2.29. The Morgan fingerprint density at radius 2 is 2.29 bits per heavy atom. The summed E-state index contributed by atoms with van der Waals surface area (Å²) < 4.78 is 0. The van der Waals surface area contributed by atoms with Crippen molar-refractivity contribution in [3.8, 4) is 0 Å². The average Bonchev–Trinajstić information content (AvgIpc) is 2.39. The Morgan fingerprint density at radius 1 is 1.59 bits per heavy atom. The van der Waals surface area contributed by atoms with E-state index in [0.717, 1.165) is 13.0 Å². The van der Waals surface area contributed by atoms with E-state index < -0.39 is 0 Å². The lowest BCUT2D eigenvalue weighted by Crippen LogP contribution is -2.35. The van der Waals surface area contributed by atoms with Gasteiger partial charge in [-0.1, -0.05) is 12.1 Å². The van der Waals surface area contributed by atoms with Gasteiger partial charge in [0.05, 0.1) is 11.8 Å².